The molecule has 120 valence electrons. The highest BCUT2D eigenvalue weighted by molar-refractivity contribution is 5.84. The van der Waals surface area contributed by atoms with Crippen molar-refractivity contribution in [2.45, 2.75) is 19.9 Å². The summed E-state index contributed by atoms with van der Waals surface area (Å²) in [7, 11) is 0. The van der Waals surface area contributed by atoms with Gasteiger partial charge in [0.15, 0.2) is 0 Å². The number of pyridine rings is 1. The van der Waals surface area contributed by atoms with Gasteiger partial charge in [-0.15, -0.1) is 0 Å². The van der Waals surface area contributed by atoms with Crippen LogP contribution in [0.4, 0.5) is 5.82 Å². The number of H-pyrrole nitrogens is 1. The van der Waals surface area contributed by atoms with Gasteiger partial charge in [-0.2, -0.15) is 0 Å². The number of nitrogens with zero attached hydrogens (tertiary/aromatic N) is 2. The number of hydrogen-bond donors (Lipinski definition) is 1. The van der Waals surface area contributed by atoms with Crippen molar-refractivity contribution in [2.24, 2.45) is 0 Å². The minimum atomic E-state index is 0.250. The van der Waals surface area contributed by atoms with E-state index >= 15 is 0 Å². The third-order valence-corrected chi connectivity index (χ3v) is 4.76. The highest BCUT2D eigenvalue weighted by Gasteiger charge is 2.19. The molecule has 1 N–H and O–H groups in total. The van der Waals surface area contributed by atoms with Gasteiger partial charge in [0.25, 0.3) is 0 Å². The molecule has 3 nitrogen and oxygen atoms in total. The average molecular weight is 315 g/mol. The maximum atomic E-state index is 4.87. The van der Waals surface area contributed by atoms with Crippen LogP contribution in [0.15, 0.2) is 66.9 Å². The van der Waals surface area contributed by atoms with Crippen molar-refractivity contribution in [1.29, 1.82) is 0 Å². The van der Waals surface area contributed by atoms with Gasteiger partial charge in [0.2, 0.25) is 0 Å². The Bertz CT molecular complexity index is 986. The lowest BCUT2D eigenvalue weighted by atomic mass is 10.1. The second-order valence-corrected chi connectivity index (χ2v) is 6.11. The van der Waals surface area contributed by atoms with E-state index in [2.05, 4.69) is 84.5 Å². The molecule has 2 aromatic carbocycles. The van der Waals surface area contributed by atoms with E-state index in [0.717, 1.165) is 17.9 Å². The van der Waals surface area contributed by atoms with Crippen LogP contribution in [0, 0.1) is 0 Å². The number of anilines is 1. The molecular formula is C21H21N3. The van der Waals surface area contributed by atoms with Crippen LogP contribution < -0.4 is 4.90 Å². The average Bonchev–Trinajstić information content (AvgIpc) is 3.06. The summed E-state index contributed by atoms with van der Waals surface area (Å²) in [4.78, 5) is 10.6. The third kappa shape index (κ3) is 2.42. The smallest absolute Gasteiger partial charge is 0.129 e. The van der Waals surface area contributed by atoms with Crippen molar-refractivity contribution in [3.63, 3.8) is 0 Å². The van der Waals surface area contributed by atoms with Gasteiger partial charge in [0, 0.05) is 29.0 Å². The largest absolute Gasteiger partial charge is 0.361 e. The lowest BCUT2D eigenvalue weighted by molar-refractivity contribution is 0.686. The first-order valence-corrected chi connectivity index (χ1v) is 8.46. The molecule has 0 bridgehead atoms. The Morgan fingerprint density at radius 1 is 1.00 bits per heavy atom. The molecule has 0 spiro atoms. The standard InChI is InChI=1S/C21H21N3/c1-3-24(21-13-12-16-8-4-6-10-19(16)23-21)15(2)18-14-22-20-11-7-5-9-17(18)20/h4-15,22H,3H2,1-2H3. The summed E-state index contributed by atoms with van der Waals surface area (Å²) in [6.07, 6.45) is 2.12. The Morgan fingerprint density at radius 3 is 2.67 bits per heavy atom. The van der Waals surface area contributed by atoms with Crippen LogP contribution in [0.2, 0.25) is 0 Å². The number of para-hydroxylation sites is 2. The van der Waals surface area contributed by atoms with Crippen molar-refractivity contribution in [3.05, 3.63) is 72.4 Å². The first-order valence-electron chi connectivity index (χ1n) is 8.46. The van der Waals surface area contributed by atoms with Gasteiger partial charge in [-0.05, 0) is 43.7 Å². The molecule has 0 amide bonds. The number of hydrogen-bond acceptors (Lipinski definition) is 2. The molecule has 0 aliphatic rings. The summed E-state index contributed by atoms with van der Waals surface area (Å²) in [6.45, 7) is 5.34. The maximum Gasteiger partial charge on any atom is 0.129 e. The molecule has 3 heteroatoms. The fourth-order valence-electron chi connectivity index (χ4n) is 3.46. The van der Waals surface area contributed by atoms with E-state index in [1.807, 2.05) is 6.07 Å². The number of aromatic nitrogens is 2. The molecule has 0 saturated heterocycles. The van der Waals surface area contributed by atoms with Gasteiger partial charge in [-0.25, -0.2) is 4.98 Å². The Kier molecular flexibility index (Phi) is 3.69. The van der Waals surface area contributed by atoms with E-state index in [0.29, 0.717) is 0 Å². The fraction of sp³-hybridized carbons (Fsp3) is 0.190. The number of fused-ring (bicyclic) bond motifs is 2. The summed E-state index contributed by atoms with van der Waals surface area (Å²) in [5.41, 5.74) is 3.53. The zero-order chi connectivity index (χ0) is 16.5. The van der Waals surface area contributed by atoms with Crippen molar-refractivity contribution in [2.75, 3.05) is 11.4 Å². The monoisotopic (exact) mass is 315 g/mol. The second-order valence-electron chi connectivity index (χ2n) is 6.11. The Hall–Kier alpha value is -2.81. The molecule has 1 unspecified atom stereocenters. The molecule has 0 aliphatic carbocycles. The number of benzene rings is 2. The minimum Gasteiger partial charge on any atom is -0.361 e. The van der Waals surface area contributed by atoms with Crippen molar-refractivity contribution < 1.29 is 0 Å². The molecular weight excluding hydrogens is 294 g/mol. The summed E-state index contributed by atoms with van der Waals surface area (Å²) >= 11 is 0. The lowest BCUT2D eigenvalue weighted by Crippen LogP contribution is -2.27. The lowest BCUT2D eigenvalue weighted by Gasteiger charge is -2.29. The first-order chi connectivity index (χ1) is 11.8. The van der Waals surface area contributed by atoms with Crippen LogP contribution >= 0.6 is 0 Å². The summed E-state index contributed by atoms with van der Waals surface area (Å²) in [5, 5.41) is 2.46. The predicted octanol–water partition coefficient (Wildman–Crippen LogP) is 5.30. The van der Waals surface area contributed by atoms with Crippen LogP contribution in [-0.4, -0.2) is 16.5 Å². The van der Waals surface area contributed by atoms with E-state index in [4.69, 9.17) is 4.98 Å². The van der Waals surface area contributed by atoms with E-state index in [9.17, 15) is 0 Å². The zero-order valence-corrected chi connectivity index (χ0v) is 14.0. The van der Waals surface area contributed by atoms with Gasteiger partial charge in [-0.1, -0.05) is 36.4 Å². The Balaban J connectivity index is 1.76. The highest BCUT2D eigenvalue weighted by atomic mass is 15.2. The number of nitrogens with one attached hydrogen (secondary N) is 1. The molecule has 0 fully saturated rings. The van der Waals surface area contributed by atoms with Gasteiger partial charge >= 0.3 is 0 Å². The van der Waals surface area contributed by atoms with Crippen molar-refractivity contribution in [1.82, 2.24) is 9.97 Å². The number of aromatic amines is 1. The Morgan fingerprint density at radius 2 is 1.79 bits per heavy atom. The molecule has 2 aromatic heterocycles. The zero-order valence-electron chi connectivity index (χ0n) is 14.0. The quantitative estimate of drug-likeness (QED) is 0.554. The van der Waals surface area contributed by atoms with Gasteiger partial charge in [0.05, 0.1) is 11.6 Å². The molecule has 2 heterocycles. The highest BCUT2D eigenvalue weighted by Crippen LogP contribution is 2.31. The molecule has 24 heavy (non-hydrogen) atoms. The van der Waals surface area contributed by atoms with Gasteiger partial charge in [-0.3, -0.25) is 0 Å². The van der Waals surface area contributed by atoms with Crippen LogP contribution in [0.1, 0.15) is 25.5 Å². The topological polar surface area (TPSA) is 31.9 Å². The maximum absolute atomic E-state index is 4.87. The molecule has 0 saturated carbocycles. The second kappa shape index (κ2) is 6.00. The summed E-state index contributed by atoms with van der Waals surface area (Å²) in [5.74, 6) is 1.02. The molecule has 4 aromatic rings. The molecule has 1 atom stereocenters. The van der Waals surface area contributed by atoms with E-state index in [1.165, 1.54) is 21.9 Å². The summed E-state index contributed by atoms with van der Waals surface area (Å²) in [6, 6.07) is 21.3. The van der Waals surface area contributed by atoms with E-state index < -0.39 is 0 Å². The van der Waals surface area contributed by atoms with E-state index in [-0.39, 0.29) is 6.04 Å². The predicted molar refractivity (Wildman–Crippen MR) is 101 cm³/mol. The molecule has 0 aliphatic heterocycles. The number of rotatable bonds is 4. The molecule has 4 rings (SSSR count). The Labute approximate surface area is 142 Å². The fourth-order valence-corrected chi connectivity index (χ4v) is 3.46. The normalized spacial score (nSPS) is 12.6. The van der Waals surface area contributed by atoms with Crippen LogP contribution in [-0.2, 0) is 0 Å². The first kappa shape index (κ1) is 14.8. The SMILES string of the molecule is CCN(c1ccc2ccccc2n1)C(C)c1c[nH]c2ccccc12. The van der Waals surface area contributed by atoms with E-state index in [1.54, 1.807) is 0 Å². The minimum absolute atomic E-state index is 0.250. The van der Waals surface area contributed by atoms with Crippen molar-refractivity contribution in [3.8, 4) is 0 Å². The summed E-state index contributed by atoms with van der Waals surface area (Å²) < 4.78 is 0. The third-order valence-electron chi connectivity index (χ3n) is 4.76. The van der Waals surface area contributed by atoms with Gasteiger partial charge in [0.1, 0.15) is 5.82 Å². The van der Waals surface area contributed by atoms with Crippen LogP contribution in [0.25, 0.3) is 21.8 Å². The van der Waals surface area contributed by atoms with Gasteiger partial charge < -0.3 is 9.88 Å². The van der Waals surface area contributed by atoms with Crippen LogP contribution in [0.3, 0.4) is 0 Å². The molecule has 0 radical (unpaired) electrons. The van der Waals surface area contributed by atoms with Crippen molar-refractivity contribution >= 4 is 27.6 Å². The van der Waals surface area contributed by atoms with Crippen LogP contribution in [0.5, 0.6) is 0 Å².